The summed E-state index contributed by atoms with van der Waals surface area (Å²) in [6, 6.07) is 1.58. The van der Waals surface area contributed by atoms with Gasteiger partial charge in [-0.1, -0.05) is 24.4 Å². The average Bonchev–Trinajstić information content (AvgIpc) is 2.38. The Morgan fingerprint density at radius 3 is 2.89 bits per heavy atom. The van der Waals surface area contributed by atoms with Gasteiger partial charge < -0.3 is 10.6 Å². The molecule has 100 valence electrons. The van der Waals surface area contributed by atoms with Crippen molar-refractivity contribution in [1.29, 1.82) is 0 Å². The smallest absolute Gasteiger partial charge is 0.167 e. The van der Waals surface area contributed by atoms with E-state index in [4.69, 9.17) is 17.3 Å². The second-order valence-corrected chi connectivity index (χ2v) is 5.35. The van der Waals surface area contributed by atoms with Crippen LogP contribution in [-0.2, 0) is 0 Å². The molecule has 3 nitrogen and oxygen atoms in total. The summed E-state index contributed by atoms with van der Waals surface area (Å²) in [4.78, 5) is 6.02. The molecule has 1 aromatic rings. The van der Waals surface area contributed by atoms with Gasteiger partial charge in [-0.25, -0.2) is 9.37 Å². The molecule has 1 heterocycles. The number of pyridine rings is 1. The van der Waals surface area contributed by atoms with Crippen LogP contribution in [0.3, 0.4) is 0 Å². The molecule has 0 aromatic carbocycles. The first kappa shape index (κ1) is 13.6. The summed E-state index contributed by atoms with van der Waals surface area (Å²) in [6.07, 6.45) is 6.02. The lowest BCUT2D eigenvalue weighted by atomic mass is 9.83. The largest absolute Gasteiger partial charge is 0.354 e. The molecule has 0 radical (unpaired) electrons. The van der Waals surface area contributed by atoms with Crippen LogP contribution in [0.15, 0.2) is 12.3 Å². The molecule has 1 aromatic heterocycles. The topological polar surface area (TPSA) is 42.2 Å². The number of hydrogen-bond donors (Lipinski definition) is 1. The number of hydrogen-bond acceptors (Lipinski definition) is 3. The molecule has 2 unspecified atom stereocenters. The van der Waals surface area contributed by atoms with E-state index in [0.29, 0.717) is 23.3 Å². The van der Waals surface area contributed by atoms with E-state index in [1.807, 2.05) is 11.9 Å². The van der Waals surface area contributed by atoms with Crippen LogP contribution in [0.25, 0.3) is 0 Å². The number of aromatic nitrogens is 1. The minimum Gasteiger partial charge on any atom is -0.354 e. The molecular formula is C13H19ClFN3. The van der Waals surface area contributed by atoms with E-state index in [2.05, 4.69) is 4.98 Å². The fourth-order valence-corrected chi connectivity index (χ4v) is 2.94. The van der Waals surface area contributed by atoms with E-state index >= 15 is 0 Å². The monoisotopic (exact) mass is 271 g/mol. The van der Waals surface area contributed by atoms with Gasteiger partial charge in [-0.05, 0) is 31.4 Å². The predicted octanol–water partition coefficient (Wildman–Crippen LogP) is 2.83. The van der Waals surface area contributed by atoms with Crippen molar-refractivity contribution in [3.05, 3.63) is 23.1 Å². The van der Waals surface area contributed by atoms with Crippen molar-refractivity contribution in [3.8, 4) is 0 Å². The molecule has 2 rings (SSSR count). The van der Waals surface area contributed by atoms with Crippen molar-refractivity contribution < 1.29 is 4.39 Å². The lowest BCUT2D eigenvalue weighted by Crippen LogP contribution is -2.43. The van der Waals surface area contributed by atoms with Crippen molar-refractivity contribution in [2.45, 2.75) is 31.7 Å². The molecule has 0 amide bonds. The third-order valence-corrected chi connectivity index (χ3v) is 4.00. The van der Waals surface area contributed by atoms with Gasteiger partial charge in [0.05, 0.1) is 5.02 Å². The fourth-order valence-electron chi connectivity index (χ4n) is 2.80. The quantitative estimate of drug-likeness (QED) is 0.919. The van der Waals surface area contributed by atoms with E-state index in [1.54, 1.807) is 0 Å². The zero-order valence-electron chi connectivity index (χ0n) is 10.6. The molecule has 5 heteroatoms. The molecule has 0 bridgehead atoms. The van der Waals surface area contributed by atoms with Gasteiger partial charge in [0, 0.05) is 19.3 Å². The van der Waals surface area contributed by atoms with Crippen molar-refractivity contribution >= 4 is 17.4 Å². The number of nitrogens with two attached hydrogens (primary N) is 1. The second-order valence-electron chi connectivity index (χ2n) is 4.92. The van der Waals surface area contributed by atoms with E-state index in [0.717, 1.165) is 12.8 Å². The van der Waals surface area contributed by atoms with Crippen molar-refractivity contribution in [2.75, 3.05) is 18.5 Å². The summed E-state index contributed by atoms with van der Waals surface area (Å²) in [6.45, 7) is 0.643. The van der Waals surface area contributed by atoms with Crippen molar-refractivity contribution in [1.82, 2.24) is 4.98 Å². The maximum absolute atomic E-state index is 13.9. The highest BCUT2D eigenvalue weighted by molar-refractivity contribution is 6.30. The van der Waals surface area contributed by atoms with E-state index in [-0.39, 0.29) is 11.9 Å². The van der Waals surface area contributed by atoms with Gasteiger partial charge in [0.2, 0.25) is 0 Å². The predicted molar refractivity (Wildman–Crippen MR) is 72.4 cm³/mol. The number of nitrogens with zero attached hydrogens (tertiary/aromatic N) is 2. The van der Waals surface area contributed by atoms with Crippen molar-refractivity contribution in [2.24, 2.45) is 11.7 Å². The first-order valence-electron chi connectivity index (χ1n) is 6.37. The summed E-state index contributed by atoms with van der Waals surface area (Å²) in [7, 11) is 1.89. The minimum atomic E-state index is -0.369. The highest BCUT2D eigenvalue weighted by Gasteiger charge is 2.29. The lowest BCUT2D eigenvalue weighted by Gasteiger charge is -2.38. The highest BCUT2D eigenvalue weighted by atomic mass is 35.5. The Morgan fingerprint density at radius 2 is 2.22 bits per heavy atom. The maximum Gasteiger partial charge on any atom is 0.167 e. The van der Waals surface area contributed by atoms with Gasteiger partial charge in [-0.2, -0.15) is 0 Å². The third-order valence-electron chi connectivity index (χ3n) is 3.79. The lowest BCUT2D eigenvalue weighted by molar-refractivity contribution is 0.304. The standard InChI is InChI=1S/C13H19ClFN3/c1-18(12-5-3-2-4-9(12)7-16)13-11(15)6-10(14)8-17-13/h6,8-9,12H,2-5,7,16H2,1H3. The van der Waals surface area contributed by atoms with Crippen LogP contribution in [0.4, 0.5) is 10.2 Å². The number of rotatable bonds is 3. The Bertz CT molecular complexity index is 413. The Kier molecular flexibility index (Phi) is 4.40. The van der Waals surface area contributed by atoms with Crippen LogP contribution in [-0.4, -0.2) is 24.6 Å². The van der Waals surface area contributed by atoms with E-state index < -0.39 is 0 Å². The van der Waals surface area contributed by atoms with Gasteiger partial charge in [0.15, 0.2) is 11.6 Å². The second kappa shape index (κ2) is 5.85. The summed E-state index contributed by atoms with van der Waals surface area (Å²) in [5.74, 6) is 0.414. The van der Waals surface area contributed by atoms with Crippen LogP contribution in [0.2, 0.25) is 5.02 Å². The maximum atomic E-state index is 13.9. The molecule has 1 aliphatic carbocycles. The van der Waals surface area contributed by atoms with Crippen molar-refractivity contribution in [3.63, 3.8) is 0 Å². The fraction of sp³-hybridized carbons (Fsp3) is 0.615. The molecule has 18 heavy (non-hydrogen) atoms. The molecule has 0 saturated heterocycles. The van der Waals surface area contributed by atoms with Crippen LogP contribution >= 0.6 is 11.6 Å². The van der Waals surface area contributed by atoms with Gasteiger partial charge >= 0.3 is 0 Å². The van der Waals surface area contributed by atoms with Crippen LogP contribution < -0.4 is 10.6 Å². The molecule has 0 aliphatic heterocycles. The number of halogens is 2. The zero-order chi connectivity index (χ0) is 13.1. The summed E-state index contributed by atoms with van der Waals surface area (Å²) in [5.41, 5.74) is 5.81. The third kappa shape index (κ3) is 2.75. The van der Waals surface area contributed by atoms with Gasteiger partial charge in [0.1, 0.15) is 0 Å². The number of anilines is 1. The van der Waals surface area contributed by atoms with Crippen LogP contribution in [0.5, 0.6) is 0 Å². The van der Waals surface area contributed by atoms with Gasteiger partial charge in [-0.15, -0.1) is 0 Å². The molecular weight excluding hydrogens is 253 g/mol. The van der Waals surface area contributed by atoms with Crippen LogP contribution in [0, 0.1) is 11.7 Å². The Labute approximate surface area is 112 Å². The van der Waals surface area contributed by atoms with E-state index in [9.17, 15) is 4.39 Å². The van der Waals surface area contributed by atoms with Gasteiger partial charge in [-0.3, -0.25) is 0 Å². The average molecular weight is 272 g/mol. The van der Waals surface area contributed by atoms with Crippen LogP contribution in [0.1, 0.15) is 25.7 Å². The summed E-state index contributed by atoms with van der Waals surface area (Å²) in [5, 5.41) is 0.323. The molecule has 1 aliphatic rings. The molecule has 1 fully saturated rings. The normalized spacial score (nSPS) is 24.0. The Balaban J connectivity index is 2.20. The van der Waals surface area contributed by atoms with E-state index in [1.165, 1.54) is 25.1 Å². The molecule has 2 atom stereocenters. The zero-order valence-corrected chi connectivity index (χ0v) is 11.3. The highest BCUT2D eigenvalue weighted by Crippen LogP contribution is 2.30. The summed E-state index contributed by atoms with van der Waals surface area (Å²) < 4.78 is 13.9. The SMILES string of the molecule is CN(c1ncc(Cl)cc1F)C1CCCCC1CN. The summed E-state index contributed by atoms with van der Waals surface area (Å²) >= 11 is 5.72. The Hall–Kier alpha value is -0.870. The molecule has 2 N–H and O–H groups in total. The first-order chi connectivity index (χ1) is 8.63. The Morgan fingerprint density at radius 1 is 1.50 bits per heavy atom. The molecule has 0 spiro atoms. The molecule has 1 saturated carbocycles. The first-order valence-corrected chi connectivity index (χ1v) is 6.75. The minimum absolute atomic E-state index is 0.270. The van der Waals surface area contributed by atoms with Gasteiger partial charge in [0.25, 0.3) is 0 Å².